The summed E-state index contributed by atoms with van der Waals surface area (Å²) < 4.78 is 0. The summed E-state index contributed by atoms with van der Waals surface area (Å²) in [6, 6.07) is 0. The molecule has 114 valence electrons. The van der Waals surface area contributed by atoms with E-state index in [9.17, 15) is 9.59 Å². The van der Waals surface area contributed by atoms with Crippen LogP contribution in [-0.2, 0) is 9.59 Å². The Labute approximate surface area is 121 Å². The highest BCUT2D eigenvalue weighted by Gasteiger charge is 2.38. The van der Waals surface area contributed by atoms with Crippen LogP contribution >= 0.6 is 0 Å². The van der Waals surface area contributed by atoms with E-state index in [2.05, 4.69) is 20.8 Å². The molecule has 1 N–H and O–H groups in total. The normalized spacial score (nSPS) is 33.8. The third-order valence-corrected chi connectivity index (χ3v) is 4.82. The molecule has 1 saturated carbocycles. The molecule has 2 unspecified atom stereocenters. The molecule has 20 heavy (non-hydrogen) atoms. The van der Waals surface area contributed by atoms with Gasteiger partial charge in [-0.15, -0.1) is 0 Å². The highest BCUT2D eigenvalue weighted by atomic mass is 16.4. The lowest BCUT2D eigenvalue weighted by atomic mass is 9.67. The van der Waals surface area contributed by atoms with Crippen molar-refractivity contribution in [1.82, 2.24) is 4.90 Å². The highest BCUT2D eigenvalue weighted by molar-refractivity contribution is 5.80. The predicted octanol–water partition coefficient (Wildman–Crippen LogP) is 2.77. The summed E-state index contributed by atoms with van der Waals surface area (Å²) in [5.74, 6) is -0.286. The molecule has 0 aromatic heterocycles. The van der Waals surface area contributed by atoms with Crippen LogP contribution in [-0.4, -0.2) is 35.0 Å². The number of carbonyl (C=O) groups is 2. The van der Waals surface area contributed by atoms with Crippen molar-refractivity contribution in [3.8, 4) is 0 Å². The number of carbonyl (C=O) groups excluding carboxylic acids is 1. The lowest BCUT2D eigenvalue weighted by Crippen LogP contribution is -2.47. The van der Waals surface area contributed by atoms with Gasteiger partial charge in [0.15, 0.2) is 0 Å². The second-order valence-electron chi connectivity index (χ2n) is 7.57. The molecule has 0 bridgehead atoms. The number of rotatable bonds is 2. The minimum atomic E-state index is -0.764. The Morgan fingerprint density at radius 2 is 1.90 bits per heavy atom. The zero-order valence-corrected chi connectivity index (χ0v) is 12.9. The van der Waals surface area contributed by atoms with Crippen molar-refractivity contribution in [2.45, 2.75) is 52.9 Å². The molecule has 0 spiro atoms. The van der Waals surface area contributed by atoms with E-state index < -0.39 is 5.97 Å². The van der Waals surface area contributed by atoms with Crippen LogP contribution in [0.15, 0.2) is 0 Å². The van der Waals surface area contributed by atoms with Gasteiger partial charge in [0, 0.05) is 19.0 Å². The molecule has 0 aromatic rings. The van der Waals surface area contributed by atoms with Gasteiger partial charge >= 0.3 is 5.97 Å². The smallest absolute Gasteiger partial charge is 0.308 e. The quantitative estimate of drug-likeness (QED) is 0.846. The molecule has 1 amide bonds. The zero-order valence-electron chi connectivity index (χ0n) is 12.9. The molecule has 1 heterocycles. The second-order valence-corrected chi connectivity index (χ2v) is 7.57. The number of likely N-dealkylation sites (tertiary alicyclic amines) is 1. The van der Waals surface area contributed by atoms with E-state index in [0.717, 1.165) is 25.8 Å². The average molecular weight is 281 g/mol. The maximum absolute atomic E-state index is 12.7. The fourth-order valence-corrected chi connectivity index (χ4v) is 4.17. The van der Waals surface area contributed by atoms with Gasteiger partial charge in [0.05, 0.1) is 5.92 Å². The molecule has 2 aliphatic rings. The summed E-state index contributed by atoms with van der Waals surface area (Å²) in [5, 5.41) is 9.14. The van der Waals surface area contributed by atoms with Crippen LogP contribution in [0.5, 0.6) is 0 Å². The minimum absolute atomic E-state index is 0.0845. The number of amides is 1. The molecule has 1 saturated heterocycles. The molecule has 4 nitrogen and oxygen atoms in total. The van der Waals surface area contributed by atoms with Crippen LogP contribution in [0.3, 0.4) is 0 Å². The van der Waals surface area contributed by atoms with Crippen LogP contribution in [0.25, 0.3) is 0 Å². The number of nitrogens with zero attached hydrogens (tertiary/aromatic N) is 1. The van der Waals surface area contributed by atoms with Crippen LogP contribution in [0.1, 0.15) is 52.9 Å². The first kappa shape index (κ1) is 15.3. The van der Waals surface area contributed by atoms with Crippen molar-refractivity contribution < 1.29 is 14.7 Å². The van der Waals surface area contributed by atoms with Gasteiger partial charge in [-0.05, 0) is 43.4 Å². The fourth-order valence-electron chi connectivity index (χ4n) is 4.17. The van der Waals surface area contributed by atoms with Crippen LogP contribution in [0.4, 0.5) is 0 Å². The minimum Gasteiger partial charge on any atom is -0.481 e. The maximum atomic E-state index is 12.7. The number of piperidine rings is 1. The largest absolute Gasteiger partial charge is 0.481 e. The average Bonchev–Trinajstić information content (AvgIpc) is 2.35. The molecule has 4 heteroatoms. The molecule has 2 rings (SSSR count). The fraction of sp³-hybridized carbons (Fsp3) is 0.875. The monoisotopic (exact) mass is 281 g/mol. The van der Waals surface area contributed by atoms with Crippen molar-refractivity contribution in [1.29, 1.82) is 0 Å². The number of carboxylic acid groups (broad SMARTS) is 1. The van der Waals surface area contributed by atoms with Gasteiger partial charge in [0.1, 0.15) is 0 Å². The Morgan fingerprint density at radius 3 is 2.50 bits per heavy atom. The lowest BCUT2D eigenvalue weighted by Gasteiger charge is -2.41. The van der Waals surface area contributed by atoms with Gasteiger partial charge in [-0.2, -0.15) is 0 Å². The van der Waals surface area contributed by atoms with Crippen molar-refractivity contribution in [2.75, 3.05) is 13.1 Å². The van der Waals surface area contributed by atoms with E-state index in [1.54, 1.807) is 4.90 Å². The van der Waals surface area contributed by atoms with E-state index >= 15 is 0 Å². The van der Waals surface area contributed by atoms with E-state index in [1.165, 1.54) is 6.42 Å². The lowest BCUT2D eigenvalue weighted by molar-refractivity contribution is -0.148. The van der Waals surface area contributed by atoms with Crippen molar-refractivity contribution in [2.24, 2.45) is 23.2 Å². The van der Waals surface area contributed by atoms with E-state index in [1.807, 2.05) is 0 Å². The first-order valence-electron chi connectivity index (χ1n) is 7.80. The SMILES string of the molecule is CC1CC(C(=O)N2CCC[C@H](C(=O)O)C2)CC(C)(C)C1. The molecular weight excluding hydrogens is 254 g/mol. The first-order chi connectivity index (χ1) is 9.28. The Kier molecular flexibility index (Phi) is 4.40. The van der Waals surface area contributed by atoms with Gasteiger partial charge in [-0.25, -0.2) is 0 Å². The van der Waals surface area contributed by atoms with Gasteiger partial charge in [0.2, 0.25) is 5.91 Å². The van der Waals surface area contributed by atoms with E-state index in [-0.39, 0.29) is 23.2 Å². The summed E-state index contributed by atoms with van der Waals surface area (Å²) in [7, 11) is 0. The number of hydrogen-bond acceptors (Lipinski definition) is 2. The first-order valence-corrected chi connectivity index (χ1v) is 7.80. The number of hydrogen-bond donors (Lipinski definition) is 1. The van der Waals surface area contributed by atoms with Crippen molar-refractivity contribution in [3.63, 3.8) is 0 Å². The van der Waals surface area contributed by atoms with Crippen LogP contribution in [0, 0.1) is 23.2 Å². The van der Waals surface area contributed by atoms with Gasteiger partial charge in [0.25, 0.3) is 0 Å². The molecule has 3 atom stereocenters. The highest BCUT2D eigenvalue weighted by Crippen LogP contribution is 2.42. The molecule has 1 aliphatic heterocycles. The van der Waals surface area contributed by atoms with E-state index in [4.69, 9.17) is 5.11 Å². The summed E-state index contributed by atoms with van der Waals surface area (Å²) in [5.41, 5.74) is 0.222. The number of aliphatic carboxylic acids is 1. The van der Waals surface area contributed by atoms with Crippen molar-refractivity contribution in [3.05, 3.63) is 0 Å². The third kappa shape index (κ3) is 3.53. The molecule has 1 aliphatic carbocycles. The Balaban J connectivity index is 2.01. The Hall–Kier alpha value is -1.06. The zero-order chi connectivity index (χ0) is 14.9. The Bertz CT molecular complexity index is 391. The third-order valence-electron chi connectivity index (χ3n) is 4.82. The summed E-state index contributed by atoms with van der Waals surface area (Å²) >= 11 is 0. The number of carboxylic acids is 1. The Morgan fingerprint density at radius 1 is 1.20 bits per heavy atom. The van der Waals surface area contributed by atoms with Gasteiger partial charge in [-0.1, -0.05) is 20.8 Å². The van der Waals surface area contributed by atoms with Gasteiger partial charge in [-0.3, -0.25) is 9.59 Å². The summed E-state index contributed by atoms with van der Waals surface area (Å²) in [4.78, 5) is 25.6. The molecule has 0 radical (unpaired) electrons. The van der Waals surface area contributed by atoms with Gasteiger partial charge < -0.3 is 10.0 Å². The molecule has 2 fully saturated rings. The van der Waals surface area contributed by atoms with Crippen molar-refractivity contribution >= 4 is 11.9 Å². The second kappa shape index (κ2) is 5.74. The topological polar surface area (TPSA) is 57.6 Å². The summed E-state index contributed by atoms with van der Waals surface area (Å²) in [6.45, 7) is 7.82. The predicted molar refractivity (Wildman–Crippen MR) is 77.2 cm³/mol. The van der Waals surface area contributed by atoms with Crippen LogP contribution in [0.2, 0.25) is 0 Å². The molecular formula is C16H27NO3. The van der Waals surface area contributed by atoms with E-state index in [0.29, 0.717) is 18.9 Å². The standard InChI is InChI=1S/C16H27NO3/c1-11-7-13(9-16(2,3)8-11)14(18)17-6-4-5-12(10-17)15(19)20/h11-13H,4-10H2,1-3H3,(H,19,20)/t11?,12-,13?/m0/s1. The molecule has 0 aromatic carbocycles. The van der Waals surface area contributed by atoms with Crippen LogP contribution < -0.4 is 0 Å². The maximum Gasteiger partial charge on any atom is 0.308 e. The summed E-state index contributed by atoms with van der Waals surface area (Å²) in [6.07, 6.45) is 4.58.